The minimum atomic E-state index is -5.15. The van der Waals surface area contributed by atoms with Gasteiger partial charge in [0.05, 0.1) is 17.7 Å². The molecule has 258 valence electrons. The fourth-order valence-corrected chi connectivity index (χ4v) is 6.01. The molecule has 0 fully saturated rings. The molecule has 2 amide bonds. The Kier molecular flexibility index (Phi) is 11.1. The summed E-state index contributed by atoms with van der Waals surface area (Å²) in [5.74, 6) is -4.73. The molecule has 3 rings (SSSR count). The Bertz CT molecular complexity index is 1710. The Hall–Kier alpha value is -3.69. The van der Waals surface area contributed by atoms with Gasteiger partial charge in [-0.3, -0.25) is 9.80 Å². The number of benzene rings is 2. The van der Waals surface area contributed by atoms with Gasteiger partial charge in [0.2, 0.25) is 0 Å². The number of halogens is 3. The Labute approximate surface area is 278 Å². The fourth-order valence-electron chi connectivity index (χ4n) is 4.10. The fraction of sp³-hybridized carbons (Fsp3) is 0.469. The highest BCUT2D eigenvalue weighted by Crippen LogP contribution is 2.34. The van der Waals surface area contributed by atoms with Crippen LogP contribution in [0.2, 0.25) is 0 Å². The van der Waals surface area contributed by atoms with E-state index in [-0.39, 0.29) is 22.0 Å². The van der Waals surface area contributed by atoms with Gasteiger partial charge in [-0.05, 0) is 93.1 Å². The number of hydrogen-bond acceptors (Lipinski definition) is 9. The molecule has 0 saturated heterocycles. The number of carbonyl (C=O) groups excluding carboxylic acids is 2. The van der Waals surface area contributed by atoms with Crippen molar-refractivity contribution in [2.75, 3.05) is 16.3 Å². The van der Waals surface area contributed by atoms with Crippen molar-refractivity contribution < 1.29 is 40.7 Å². The molecule has 0 atom stereocenters. The second-order valence-corrected chi connectivity index (χ2v) is 16.3. The lowest BCUT2D eigenvalue weighted by molar-refractivity contribution is 0.0572. The summed E-state index contributed by atoms with van der Waals surface area (Å²) in [7, 11) is -3.32. The topological polar surface area (TPSA) is 109 Å². The van der Waals surface area contributed by atoms with Crippen LogP contribution in [-0.4, -0.2) is 54.3 Å². The lowest BCUT2D eigenvalue weighted by Crippen LogP contribution is -2.41. The molecular weight excluding hydrogens is 658 g/mol. The minimum absolute atomic E-state index is 0.0191. The minimum Gasteiger partial charge on any atom is -0.443 e. The highest BCUT2D eigenvalue weighted by Gasteiger charge is 2.39. The molecule has 47 heavy (non-hydrogen) atoms. The van der Waals surface area contributed by atoms with E-state index < -0.39 is 73.8 Å². The average molecular weight is 699 g/mol. The van der Waals surface area contributed by atoms with Crippen molar-refractivity contribution in [1.82, 2.24) is 9.88 Å². The number of hydrogen-bond donors (Lipinski definition) is 0. The Morgan fingerprint density at radius 2 is 1.45 bits per heavy atom. The first-order chi connectivity index (χ1) is 21.4. The number of aromatic nitrogens is 1. The Morgan fingerprint density at radius 3 is 1.98 bits per heavy atom. The second-order valence-electron chi connectivity index (χ2n) is 13.8. The first-order valence-corrected chi connectivity index (χ1v) is 16.9. The molecule has 1 heterocycles. The molecule has 2 aromatic carbocycles. The van der Waals surface area contributed by atoms with Crippen LogP contribution in [-0.2, 0) is 32.6 Å². The van der Waals surface area contributed by atoms with Crippen LogP contribution in [0.1, 0.15) is 73.4 Å². The van der Waals surface area contributed by atoms with Crippen molar-refractivity contribution >= 4 is 45.1 Å². The molecule has 15 heteroatoms. The third kappa shape index (κ3) is 9.23. The van der Waals surface area contributed by atoms with E-state index in [1.54, 1.807) is 26.8 Å². The van der Waals surface area contributed by atoms with E-state index in [0.717, 1.165) is 17.4 Å². The molecular formula is C32H41F3N4O6S2. The van der Waals surface area contributed by atoms with Crippen LogP contribution >= 0.6 is 11.3 Å². The first-order valence-electron chi connectivity index (χ1n) is 14.6. The van der Waals surface area contributed by atoms with Gasteiger partial charge in [0.25, 0.3) is 10.0 Å². The maximum absolute atomic E-state index is 16.0. The van der Waals surface area contributed by atoms with E-state index >= 15 is 13.2 Å². The van der Waals surface area contributed by atoms with Crippen LogP contribution in [0.4, 0.5) is 34.3 Å². The van der Waals surface area contributed by atoms with E-state index in [1.807, 2.05) is 32.7 Å². The Morgan fingerprint density at radius 1 is 0.851 bits per heavy atom. The summed E-state index contributed by atoms with van der Waals surface area (Å²) < 4.78 is 85.6. The third-order valence-electron chi connectivity index (χ3n) is 6.72. The number of carbonyl (C=O) groups is 2. The van der Waals surface area contributed by atoms with Crippen LogP contribution in [0, 0.1) is 17.5 Å². The molecule has 3 aromatic rings. The van der Waals surface area contributed by atoms with E-state index in [9.17, 15) is 18.0 Å². The smallest absolute Gasteiger partial charge is 0.430 e. The van der Waals surface area contributed by atoms with Crippen molar-refractivity contribution in [2.45, 2.75) is 97.0 Å². The van der Waals surface area contributed by atoms with Crippen LogP contribution in [0.15, 0.2) is 46.1 Å². The average Bonchev–Trinajstić information content (AvgIpc) is 3.41. The number of amides is 2. The van der Waals surface area contributed by atoms with Gasteiger partial charge >= 0.3 is 12.2 Å². The van der Waals surface area contributed by atoms with E-state index in [1.165, 1.54) is 43.8 Å². The van der Waals surface area contributed by atoms with Crippen LogP contribution in [0.25, 0.3) is 0 Å². The summed E-state index contributed by atoms with van der Waals surface area (Å²) >= 11 is 0.959. The summed E-state index contributed by atoms with van der Waals surface area (Å²) in [6, 6.07) is 5.90. The summed E-state index contributed by atoms with van der Waals surface area (Å²) in [4.78, 5) is 31.8. The summed E-state index contributed by atoms with van der Waals surface area (Å²) in [6.07, 6.45) is -2.53. The highest BCUT2D eigenvalue weighted by atomic mass is 32.2. The molecule has 0 radical (unpaired) electrons. The van der Waals surface area contributed by atoms with Gasteiger partial charge in [0.1, 0.15) is 21.9 Å². The first kappa shape index (κ1) is 37.8. The molecule has 10 nitrogen and oxygen atoms in total. The number of ether oxygens (including phenoxy) is 2. The van der Waals surface area contributed by atoms with Gasteiger partial charge in [-0.2, -0.15) is 0 Å². The summed E-state index contributed by atoms with van der Waals surface area (Å²) in [6.45, 7) is 14.7. The number of nitrogens with zero attached hydrogens (tertiary/aromatic N) is 4. The molecule has 0 aliphatic rings. The summed E-state index contributed by atoms with van der Waals surface area (Å²) in [5, 5.41) is 1.22. The normalized spacial score (nSPS) is 12.6. The van der Waals surface area contributed by atoms with Gasteiger partial charge in [0.15, 0.2) is 17.5 Å². The zero-order valence-corrected chi connectivity index (χ0v) is 29.8. The van der Waals surface area contributed by atoms with Gasteiger partial charge in [0, 0.05) is 23.0 Å². The predicted octanol–water partition coefficient (Wildman–Crippen LogP) is 7.86. The standard InChI is InChI=1S/C32H41F3N4O6S2/c1-30(2,3)37(10)16-20-12-11-13-22(33)21(20)17-38(28(40)44-31(4,5)6)23-14-15-24(27(35)26(23)34)47(42,43)39(25-18-46-19-36-25)29(41)45-32(7,8)9/h11-15,18-19H,16-17H2,1-10H3. The van der Waals surface area contributed by atoms with Crippen LogP contribution < -0.4 is 9.21 Å². The number of sulfonamides is 1. The number of thiazole rings is 1. The van der Waals surface area contributed by atoms with Gasteiger partial charge < -0.3 is 9.47 Å². The molecule has 0 bridgehead atoms. The zero-order valence-electron chi connectivity index (χ0n) is 28.1. The lowest BCUT2D eigenvalue weighted by atomic mass is 10.0. The van der Waals surface area contributed by atoms with Crippen LogP contribution in [0.5, 0.6) is 0 Å². The monoisotopic (exact) mass is 698 g/mol. The van der Waals surface area contributed by atoms with Crippen molar-refractivity contribution in [3.05, 3.63) is 69.8 Å². The van der Waals surface area contributed by atoms with E-state index in [2.05, 4.69) is 4.98 Å². The molecule has 0 aliphatic heterocycles. The second kappa shape index (κ2) is 13.8. The number of anilines is 2. The maximum Gasteiger partial charge on any atom is 0.430 e. The van der Waals surface area contributed by atoms with E-state index in [4.69, 9.17) is 9.47 Å². The van der Waals surface area contributed by atoms with Gasteiger partial charge in [-0.1, -0.05) is 12.1 Å². The molecule has 0 saturated carbocycles. The molecule has 0 spiro atoms. The molecule has 0 unspecified atom stereocenters. The van der Waals surface area contributed by atoms with Crippen molar-refractivity contribution in [3.63, 3.8) is 0 Å². The Balaban J connectivity index is 2.17. The highest BCUT2D eigenvalue weighted by molar-refractivity contribution is 7.93. The molecule has 1 aromatic heterocycles. The zero-order chi connectivity index (χ0) is 35.7. The van der Waals surface area contributed by atoms with Crippen molar-refractivity contribution in [2.24, 2.45) is 0 Å². The van der Waals surface area contributed by atoms with Gasteiger partial charge in [-0.25, -0.2) is 36.2 Å². The predicted molar refractivity (Wildman–Crippen MR) is 174 cm³/mol. The number of rotatable bonds is 8. The summed E-state index contributed by atoms with van der Waals surface area (Å²) in [5.41, 5.74) is -1.51. The lowest BCUT2D eigenvalue weighted by Gasteiger charge is -2.33. The quantitative estimate of drug-likeness (QED) is 0.234. The maximum atomic E-state index is 16.0. The third-order valence-corrected chi connectivity index (χ3v) is 8.98. The molecule has 0 N–H and O–H groups in total. The van der Waals surface area contributed by atoms with Crippen molar-refractivity contribution in [1.29, 1.82) is 0 Å². The van der Waals surface area contributed by atoms with Crippen molar-refractivity contribution in [3.8, 4) is 0 Å². The van der Waals surface area contributed by atoms with Gasteiger partial charge in [-0.15, -0.1) is 15.6 Å². The largest absolute Gasteiger partial charge is 0.443 e. The SMILES string of the molecule is CN(Cc1cccc(F)c1CN(C(=O)OC(C)(C)C)c1ccc(S(=O)(=O)N(C(=O)OC(C)(C)C)c2cscn2)c(F)c1F)C(C)(C)C. The molecule has 0 aliphatic carbocycles. The van der Waals surface area contributed by atoms with Crippen LogP contribution in [0.3, 0.4) is 0 Å². The van der Waals surface area contributed by atoms with E-state index in [0.29, 0.717) is 16.5 Å².